The molecule has 1 aromatic heterocycles. The maximum Gasteiger partial charge on any atom is 0.229 e. The Labute approximate surface area is 276 Å². The average molecular weight is 629 g/mol. The molecule has 4 rings (SSSR count). The van der Waals surface area contributed by atoms with E-state index in [9.17, 15) is 0 Å². The second-order valence-corrected chi connectivity index (χ2v) is 17.1. The second-order valence-electron chi connectivity index (χ2n) is 17.1. The SMILES string of the molecule is Cc1nc(CN(CCCCCCN(C)C2CC(C)(C)N(C)C(C)(C)C2)C2CC(C)(C)N(C)C(C)(C)C2)nc(N2CCOCC2)n1. The number of ether oxygens (including phenoxy) is 1. The summed E-state index contributed by atoms with van der Waals surface area (Å²) >= 11 is 0. The first kappa shape index (κ1) is 36.4. The molecule has 258 valence electrons. The molecule has 4 heterocycles. The van der Waals surface area contributed by atoms with Crippen molar-refractivity contribution in [3.8, 4) is 0 Å². The van der Waals surface area contributed by atoms with Crippen LogP contribution >= 0.6 is 0 Å². The molecule has 0 aromatic carbocycles. The van der Waals surface area contributed by atoms with E-state index in [1.807, 2.05) is 6.92 Å². The molecular weight excluding hydrogens is 560 g/mol. The normalized spacial score (nSPS) is 24.5. The van der Waals surface area contributed by atoms with E-state index in [4.69, 9.17) is 19.7 Å². The number of anilines is 1. The first-order valence-corrected chi connectivity index (χ1v) is 17.9. The molecule has 0 unspecified atom stereocenters. The highest BCUT2D eigenvalue weighted by molar-refractivity contribution is 5.30. The Kier molecular flexibility index (Phi) is 11.7. The fourth-order valence-electron chi connectivity index (χ4n) is 8.49. The molecule has 0 bridgehead atoms. The average Bonchev–Trinajstić information content (AvgIpc) is 2.95. The fourth-order valence-corrected chi connectivity index (χ4v) is 8.49. The lowest BCUT2D eigenvalue weighted by atomic mass is 9.77. The maximum absolute atomic E-state index is 5.58. The van der Waals surface area contributed by atoms with E-state index in [-0.39, 0.29) is 22.2 Å². The molecule has 0 aliphatic carbocycles. The third kappa shape index (κ3) is 9.16. The zero-order valence-corrected chi connectivity index (χ0v) is 31.2. The highest BCUT2D eigenvalue weighted by atomic mass is 16.5. The predicted molar refractivity (Wildman–Crippen MR) is 187 cm³/mol. The van der Waals surface area contributed by atoms with Crippen LogP contribution in [0.25, 0.3) is 0 Å². The van der Waals surface area contributed by atoms with E-state index in [1.54, 1.807) is 0 Å². The summed E-state index contributed by atoms with van der Waals surface area (Å²) in [7, 11) is 6.96. The van der Waals surface area contributed by atoms with Gasteiger partial charge in [-0.05, 0) is 135 Å². The van der Waals surface area contributed by atoms with E-state index >= 15 is 0 Å². The van der Waals surface area contributed by atoms with Crippen molar-refractivity contribution in [3.05, 3.63) is 11.6 Å². The van der Waals surface area contributed by atoms with Crippen LogP contribution in [-0.4, -0.2) is 129 Å². The van der Waals surface area contributed by atoms with Gasteiger partial charge in [0.2, 0.25) is 5.95 Å². The fraction of sp³-hybridized carbons (Fsp3) is 0.917. The van der Waals surface area contributed by atoms with Gasteiger partial charge in [-0.15, -0.1) is 0 Å². The van der Waals surface area contributed by atoms with Crippen molar-refractivity contribution >= 4 is 5.95 Å². The van der Waals surface area contributed by atoms with Crippen molar-refractivity contribution in [1.29, 1.82) is 0 Å². The second kappa shape index (κ2) is 14.4. The summed E-state index contributed by atoms with van der Waals surface area (Å²) in [6.45, 7) is 27.5. The summed E-state index contributed by atoms with van der Waals surface area (Å²) in [6, 6.07) is 1.15. The lowest BCUT2D eigenvalue weighted by Gasteiger charge is -2.55. The molecule has 9 nitrogen and oxygen atoms in total. The van der Waals surface area contributed by atoms with Crippen LogP contribution in [-0.2, 0) is 11.3 Å². The zero-order valence-electron chi connectivity index (χ0n) is 31.2. The van der Waals surface area contributed by atoms with Crippen molar-refractivity contribution in [2.45, 2.75) is 154 Å². The van der Waals surface area contributed by atoms with E-state index in [0.29, 0.717) is 12.1 Å². The topological polar surface area (TPSA) is 64.1 Å². The van der Waals surface area contributed by atoms with E-state index in [0.717, 1.165) is 69.8 Å². The summed E-state index contributed by atoms with van der Waals surface area (Å²) in [5.74, 6) is 2.53. The Balaban J connectivity index is 1.37. The first-order chi connectivity index (χ1) is 20.9. The van der Waals surface area contributed by atoms with Crippen molar-refractivity contribution in [2.24, 2.45) is 0 Å². The Morgan fingerprint density at radius 1 is 0.689 bits per heavy atom. The third-order valence-corrected chi connectivity index (χ3v) is 11.8. The van der Waals surface area contributed by atoms with Gasteiger partial charge >= 0.3 is 0 Å². The first-order valence-electron chi connectivity index (χ1n) is 17.9. The number of unbranched alkanes of at least 4 members (excludes halogenated alkanes) is 3. The van der Waals surface area contributed by atoms with Crippen LogP contribution in [0.15, 0.2) is 0 Å². The molecule has 3 aliphatic heterocycles. The Hall–Kier alpha value is -1.39. The van der Waals surface area contributed by atoms with Gasteiger partial charge in [0.1, 0.15) is 11.6 Å². The standard InChI is InChI=1S/C36H68N8O/c1-28-37-31(39-32(38-28)43-19-21-45-22-20-43)27-44(30-25-35(6,7)42(12)36(8,9)26-30)18-16-14-13-15-17-40(10)29-23-33(2,3)41(11)34(4,5)24-29/h29-30H,13-27H2,1-12H3. The number of aromatic nitrogens is 3. The van der Waals surface area contributed by atoms with Crippen LogP contribution in [0.4, 0.5) is 5.95 Å². The number of morpholine rings is 1. The molecule has 1 aromatic rings. The van der Waals surface area contributed by atoms with Gasteiger partial charge in [0.15, 0.2) is 0 Å². The van der Waals surface area contributed by atoms with Gasteiger partial charge in [-0.1, -0.05) is 12.8 Å². The zero-order chi connectivity index (χ0) is 33.2. The van der Waals surface area contributed by atoms with E-state index < -0.39 is 0 Å². The quantitative estimate of drug-likeness (QED) is 0.275. The minimum absolute atomic E-state index is 0.139. The van der Waals surface area contributed by atoms with Gasteiger partial charge in [0.05, 0.1) is 19.8 Å². The molecule has 9 heteroatoms. The van der Waals surface area contributed by atoms with Crippen LogP contribution in [0.3, 0.4) is 0 Å². The third-order valence-electron chi connectivity index (χ3n) is 11.8. The molecule has 0 amide bonds. The number of aryl methyl sites for hydroxylation is 1. The molecule has 0 atom stereocenters. The molecular formula is C36H68N8O. The van der Waals surface area contributed by atoms with Gasteiger partial charge in [0, 0.05) is 47.3 Å². The highest BCUT2D eigenvalue weighted by Gasteiger charge is 2.45. The van der Waals surface area contributed by atoms with Gasteiger partial charge in [-0.2, -0.15) is 9.97 Å². The molecule has 45 heavy (non-hydrogen) atoms. The van der Waals surface area contributed by atoms with Crippen LogP contribution in [0, 0.1) is 6.92 Å². The molecule has 3 aliphatic rings. The maximum atomic E-state index is 5.58. The molecule has 3 saturated heterocycles. The largest absolute Gasteiger partial charge is 0.378 e. The van der Waals surface area contributed by atoms with Crippen molar-refractivity contribution < 1.29 is 4.74 Å². The van der Waals surface area contributed by atoms with Crippen LogP contribution in [0.5, 0.6) is 0 Å². The number of rotatable bonds is 12. The van der Waals surface area contributed by atoms with E-state index in [2.05, 4.69) is 101 Å². The minimum Gasteiger partial charge on any atom is -0.378 e. The molecule has 0 spiro atoms. The molecule has 0 N–H and O–H groups in total. The number of hydrogen-bond acceptors (Lipinski definition) is 9. The van der Waals surface area contributed by atoms with Crippen LogP contribution < -0.4 is 4.90 Å². The van der Waals surface area contributed by atoms with Gasteiger partial charge in [0.25, 0.3) is 0 Å². The Morgan fingerprint density at radius 3 is 1.71 bits per heavy atom. The van der Waals surface area contributed by atoms with Crippen LogP contribution in [0.2, 0.25) is 0 Å². The Bertz CT molecular complexity index is 1060. The summed E-state index contributed by atoms with van der Waals surface area (Å²) in [5, 5.41) is 0. The van der Waals surface area contributed by atoms with Crippen molar-refractivity contribution in [2.75, 3.05) is 65.4 Å². The number of piperidine rings is 2. The summed E-state index contributed by atoms with van der Waals surface area (Å²) in [5.41, 5.74) is 0.753. The summed E-state index contributed by atoms with van der Waals surface area (Å²) < 4.78 is 5.58. The molecule has 3 fully saturated rings. The number of hydrogen-bond donors (Lipinski definition) is 0. The lowest BCUT2D eigenvalue weighted by molar-refractivity contribution is -0.0502. The number of nitrogens with zero attached hydrogens (tertiary/aromatic N) is 8. The van der Waals surface area contributed by atoms with Crippen LogP contribution in [0.1, 0.15) is 118 Å². The smallest absolute Gasteiger partial charge is 0.229 e. The minimum atomic E-state index is 0.139. The van der Waals surface area contributed by atoms with Gasteiger partial charge in [-0.3, -0.25) is 14.7 Å². The van der Waals surface area contributed by atoms with E-state index in [1.165, 1.54) is 45.1 Å². The monoisotopic (exact) mass is 629 g/mol. The van der Waals surface area contributed by atoms with Gasteiger partial charge < -0.3 is 14.5 Å². The summed E-state index contributed by atoms with van der Waals surface area (Å²) in [6.07, 6.45) is 9.83. The van der Waals surface area contributed by atoms with Crippen molar-refractivity contribution in [1.82, 2.24) is 34.6 Å². The Morgan fingerprint density at radius 2 is 1.18 bits per heavy atom. The lowest BCUT2D eigenvalue weighted by Crippen LogP contribution is -2.62. The summed E-state index contributed by atoms with van der Waals surface area (Å²) in [4.78, 5) is 27.4. The molecule has 0 radical (unpaired) electrons. The van der Waals surface area contributed by atoms with Crippen molar-refractivity contribution in [3.63, 3.8) is 0 Å². The van der Waals surface area contributed by atoms with Gasteiger partial charge in [-0.25, -0.2) is 4.98 Å². The molecule has 0 saturated carbocycles. The number of likely N-dealkylation sites (tertiary alicyclic amines) is 2. The predicted octanol–water partition coefficient (Wildman–Crippen LogP) is 5.61. The highest BCUT2D eigenvalue weighted by Crippen LogP contribution is 2.40.